The monoisotopic (exact) mass is 326 g/mol. The average Bonchev–Trinajstić information content (AvgIpc) is 3.15. The molecule has 1 aliphatic carbocycles. The van der Waals surface area contributed by atoms with Crippen molar-refractivity contribution in [2.45, 2.75) is 62.7 Å². The molecule has 2 aliphatic heterocycles. The Labute approximate surface area is 138 Å². The number of aliphatic hydroxyl groups is 1. The number of carbonyl (C=O) groups is 1. The topological polar surface area (TPSA) is 71.0 Å². The first-order valence-electron chi connectivity index (χ1n) is 8.98. The fourth-order valence-electron chi connectivity index (χ4n) is 4.29. The van der Waals surface area contributed by atoms with Crippen LogP contribution in [0, 0.1) is 0 Å². The van der Waals surface area contributed by atoms with E-state index in [1.54, 1.807) is 0 Å². The van der Waals surface area contributed by atoms with E-state index in [-0.39, 0.29) is 24.1 Å². The van der Waals surface area contributed by atoms with Crippen molar-refractivity contribution in [3.63, 3.8) is 0 Å². The molecule has 3 fully saturated rings. The van der Waals surface area contributed by atoms with Crippen LogP contribution in [0.25, 0.3) is 0 Å². The van der Waals surface area contributed by atoms with Crippen LogP contribution < -0.4 is 5.32 Å². The summed E-state index contributed by atoms with van der Waals surface area (Å²) in [6.07, 6.45) is 5.46. The van der Waals surface area contributed by atoms with Crippen molar-refractivity contribution in [3.8, 4) is 0 Å². The summed E-state index contributed by atoms with van der Waals surface area (Å²) in [5.41, 5.74) is -0.925. The minimum absolute atomic E-state index is 0.00568. The summed E-state index contributed by atoms with van der Waals surface area (Å²) in [7, 11) is 0. The number of carbonyl (C=O) groups excluding carboxylic acids is 1. The van der Waals surface area contributed by atoms with Gasteiger partial charge in [-0.05, 0) is 19.8 Å². The molecule has 0 bridgehead atoms. The number of hydrogen-bond acceptors (Lipinski definition) is 5. The molecule has 3 aliphatic rings. The summed E-state index contributed by atoms with van der Waals surface area (Å²) in [6, 6.07) is 0. The van der Waals surface area contributed by atoms with Gasteiger partial charge in [-0.3, -0.25) is 9.69 Å². The molecule has 2 N–H and O–H groups in total. The van der Waals surface area contributed by atoms with E-state index in [0.717, 1.165) is 39.1 Å². The molecule has 0 aromatic heterocycles. The van der Waals surface area contributed by atoms with E-state index in [1.807, 2.05) is 6.92 Å². The van der Waals surface area contributed by atoms with Crippen molar-refractivity contribution in [2.75, 3.05) is 39.5 Å². The zero-order valence-electron chi connectivity index (χ0n) is 14.2. The molecule has 2 atom stereocenters. The van der Waals surface area contributed by atoms with E-state index in [1.165, 1.54) is 12.8 Å². The molecule has 0 spiro atoms. The van der Waals surface area contributed by atoms with Crippen LogP contribution in [0.3, 0.4) is 0 Å². The van der Waals surface area contributed by atoms with Gasteiger partial charge in [-0.1, -0.05) is 12.8 Å². The minimum Gasteiger partial charge on any atom is -0.385 e. The second-order valence-corrected chi connectivity index (χ2v) is 7.35. The first-order chi connectivity index (χ1) is 11.0. The van der Waals surface area contributed by atoms with E-state index < -0.39 is 5.60 Å². The minimum atomic E-state index is -0.919. The number of nitrogens with one attached hydrogen (secondary N) is 1. The number of ether oxygens (including phenoxy) is 2. The number of morpholine rings is 1. The van der Waals surface area contributed by atoms with Crippen LogP contribution in [0.2, 0.25) is 0 Å². The smallest absolute Gasteiger partial charge is 0.221 e. The van der Waals surface area contributed by atoms with Crippen LogP contribution in [-0.2, 0) is 14.3 Å². The van der Waals surface area contributed by atoms with Crippen molar-refractivity contribution in [3.05, 3.63) is 0 Å². The third kappa shape index (κ3) is 3.71. The first kappa shape index (κ1) is 17.1. The number of rotatable bonds is 5. The lowest BCUT2D eigenvalue weighted by atomic mass is 9.89. The van der Waals surface area contributed by atoms with Gasteiger partial charge in [0.1, 0.15) is 5.60 Å². The summed E-state index contributed by atoms with van der Waals surface area (Å²) in [5.74, 6) is 0.0471. The van der Waals surface area contributed by atoms with Crippen LogP contribution in [0.5, 0.6) is 0 Å². The normalized spacial score (nSPS) is 34.6. The lowest BCUT2D eigenvalue weighted by Crippen LogP contribution is -2.55. The molecule has 2 heterocycles. The van der Waals surface area contributed by atoms with Crippen LogP contribution >= 0.6 is 0 Å². The Kier molecular flexibility index (Phi) is 5.26. The lowest BCUT2D eigenvalue weighted by Gasteiger charge is -2.43. The number of nitrogens with zero attached hydrogens (tertiary/aromatic N) is 1. The fraction of sp³-hybridized carbons (Fsp3) is 0.941. The predicted molar refractivity (Wildman–Crippen MR) is 86.2 cm³/mol. The lowest BCUT2D eigenvalue weighted by molar-refractivity contribution is -0.127. The molecule has 23 heavy (non-hydrogen) atoms. The van der Waals surface area contributed by atoms with E-state index in [4.69, 9.17) is 9.47 Å². The van der Waals surface area contributed by atoms with Crippen molar-refractivity contribution in [2.24, 2.45) is 0 Å². The van der Waals surface area contributed by atoms with Gasteiger partial charge in [-0.25, -0.2) is 0 Å². The van der Waals surface area contributed by atoms with Crippen molar-refractivity contribution < 1.29 is 19.4 Å². The van der Waals surface area contributed by atoms with Gasteiger partial charge in [0.25, 0.3) is 0 Å². The van der Waals surface area contributed by atoms with E-state index in [9.17, 15) is 9.90 Å². The van der Waals surface area contributed by atoms with Gasteiger partial charge < -0.3 is 19.9 Å². The van der Waals surface area contributed by atoms with Gasteiger partial charge in [0.15, 0.2) is 0 Å². The highest BCUT2D eigenvalue weighted by molar-refractivity contribution is 5.77. The molecular weight excluding hydrogens is 296 g/mol. The highest BCUT2D eigenvalue weighted by Crippen LogP contribution is 2.38. The van der Waals surface area contributed by atoms with Crippen molar-refractivity contribution in [1.82, 2.24) is 10.2 Å². The molecule has 1 saturated carbocycles. The Morgan fingerprint density at radius 1 is 1.22 bits per heavy atom. The summed E-state index contributed by atoms with van der Waals surface area (Å²) in [5, 5.41) is 13.5. The van der Waals surface area contributed by atoms with Crippen molar-refractivity contribution in [1.29, 1.82) is 0 Å². The van der Waals surface area contributed by atoms with Gasteiger partial charge >= 0.3 is 0 Å². The molecule has 0 aromatic rings. The van der Waals surface area contributed by atoms with Crippen LogP contribution in [0.4, 0.5) is 0 Å². The van der Waals surface area contributed by atoms with E-state index >= 15 is 0 Å². The fourth-order valence-corrected chi connectivity index (χ4v) is 4.29. The predicted octanol–water partition coefficient (Wildman–Crippen LogP) is 0.678. The maximum atomic E-state index is 12.5. The second-order valence-electron chi connectivity index (χ2n) is 7.35. The molecule has 0 aromatic carbocycles. The molecular formula is C17H30N2O4. The van der Waals surface area contributed by atoms with Gasteiger partial charge in [0.05, 0.1) is 19.3 Å². The quantitative estimate of drug-likeness (QED) is 0.777. The first-order valence-corrected chi connectivity index (χ1v) is 8.98. The van der Waals surface area contributed by atoms with Gasteiger partial charge in [-0.2, -0.15) is 0 Å². The highest BCUT2D eigenvalue weighted by atomic mass is 16.5. The van der Waals surface area contributed by atoms with Crippen molar-refractivity contribution >= 4 is 5.91 Å². The summed E-state index contributed by atoms with van der Waals surface area (Å²) in [6.45, 7) is 6.07. The van der Waals surface area contributed by atoms with Crippen LogP contribution in [0.1, 0.15) is 45.4 Å². The maximum absolute atomic E-state index is 12.5. The number of hydrogen-bond donors (Lipinski definition) is 2. The molecule has 2 unspecified atom stereocenters. The molecule has 2 saturated heterocycles. The van der Waals surface area contributed by atoms with Crippen LogP contribution in [0.15, 0.2) is 0 Å². The Morgan fingerprint density at radius 3 is 2.52 bits per heavy atom. The van der Waals surface area contributed by atoms with Gasteiger partial charge in [-0.15, -0.1) is 0 Å². The largest absolute Gasteiger partial charge is 0.385 e. The van der Waals surface area contributed by atoms with Crippen LogP contribution in [-0.4, -0.2) is 72.6 Å². The second kappa shape index (κ2) is 7.05. The highest BCUT2D eigenvalue weighted by Gasteiger charge is 2.43. The third-order valence-corrected chi connectivity index (χ3v) is 5.96. The molecule has 3 rings (SSSR count). The summed E-state index contributed by atoms with van der Waals surface area (Å²) >= 11 is 0. The molecule has 132 valence electrons. The molecule has 6 heteroatoms. The zero-order valence-corrected chi connectivity index (χ0v) is 14.2. The Bertz CT molecular complexity index is 419. The summed E-state index contributed by atoms with van der Waals surface area (Å²) in [4.78, 5) is 15.0. The zero-order chi connectivity index (χ0) is 16.3. The Balaban J connectivity index is 1.56. The summed E-state index contributed by atoms with van der Waals surface area (Å²) < 4.78 is 10.9. The molecule has 1 amide bonds. The average molecular weight is 326 g/mol. The SMILES string of the molecule is CC1OCCC1(O)CNC(=O)CC1(N2CCOCC2)CCCC1. The number of amides is 1. The molecule has 0 radical (unpaired) electrons. The van der Waals surface area contributed by atoms with Gasteiger partial charge in [0.2, 0.25) is 5.91 Å². The van der Waals surface area contributed by atoms with E-state index in [2.05, 4.69) is 10.2 Å². The van der Waals surface area contributed by atoms with E-state index in [0.29, 0.717) is 19.4 Å². The third-order valence-electron chi connectivity index (χ3n) is 5.96. The standard InChI is InChI=1S/C17H30N2O4/c1-14-17(21,6-9-23-14)13-18-15(20)12-16(4-2-3-5-16)19-7-10-22-11-8-19/h14,21H,2-13H2,1H3,(H,18,20). The van der Waals surface area contributed by atoms with Gasteiger partial charge in [0, 0.05) is 44.6 Å². The molecule has 6 nitrogen and oxygen atoms in total. The Morgan fingerprint density at radius 2 is 1.91 bits per heavy atom. The maximum Gasteiger partial charge on any atom is 0.221 e. The Hall–Kier alpha value is -0.690.